The van der Waals surface area contributed by atoms with Crippen LogP contribution in [0.1, 0.15) is 24.4 Å². The van der Waals surface area contributed by atoms with E-state index in [9.17, 15) is 5.26 Å². The number of aromatic nitrogens is 6. The average Bonchev–Trinajstić information content (AvgIpc) is 3.08. The molecule has 0 saturated carbocycles. The maximum Gasteiger partial charge on any atom is 0.165 e. The highest BCUT2D eigenvalue weighted by Gasteiger charge is 2.21. The zero-order valence-corrected chi connectivity index (χ0v) is 14.4. The lowest BCUT2D eigenvalue weighted by atomic mass is 10.2. The summed E-state index contributed by atoms with van der Waals surface area (Å²) in [5.41, 5.74) is 7.41. The van der Waals surface area contributed by atoms with Crippen LogP contribution in [-0.4, -0.2) is 29.5 Å². The van der Waals surface area contributed by atoms with Crippen LogP contribution in [0.2, 0.25) is 0 Å². The number of hydrogen-bond acceptors (Lipinski definition) is 8. The average molecular weight is 357 g/mol. The van der Waals surface area contributed by atoms with Crippen LogP contribution in [0.3, 0.4) is 0 Å². The van der Waals surface area contributed by atoms with Crippen molar-refractivity contribution in [2.45, 2.75) is 13.0 Å². The molecular formula is C18H15N9. The van der Waals surface area contributed by atoms with E-state index < -0.39 is 0 Å². The molecule has 0 aliphatic rings. The number of pyridine rings is 2. The smallest absolute Gasteiger partial charge is 0.165 e. The number of nitrogens with zero attached hydrogens (tertiary/aromatic N) is 7. The third kappa shape index (κ3) is 2.89. The molecule has 1 atom stereocenters. The lowest BCUT2D eigenvalue weighted by Gasteiger charge is -2.16. The number of nitrogens with two attached hydrogens (primary N) is 1. The van der Waals surface area contributed by atoms with Gasteiger partial charge in [0.1, 0.15) is 46.8 Å². The number of nitrogens with one attached hydrogen (secondary N) is 1. The summed E-state index contributed by atoms with van der Waals surface area (Å²) in [4.78, 5) is 21.6. The van der Waals surface area contributed by atoms with E-state index in [-0.39, 0.29) is 17.4 Å². The zero-order chi connectivity index (χ0) is 18.8. The lowest BCUT2D eigenvalue weighted by molar-refractivity contribution is 0.757. The van der Waals surface area contributed by atoms with Gasteiger partial charge in [-0.05, 0) is 31.2 Å². The second-order valence-corrected chi connectivity index (χ2v) is 5.80. The van der Waals surface area contributed by atoms with E-state index in [1.807, 2.05) is 47.9 Å². The molecule has 0 bridgehead atoms. The van der Waals surface area contributed by atoms with Crippen molar-refractivity contribution in [1.29, 1.82) is 5.26 Å². The van der Waals surface area contributed by atoms with Crippen LogP contribution in [0.15, 0.2) is 49.1 Å². The predicted molar refractivity (Wildman–Crippen MR) is 99.9 cm³/mol. The van der Waals surface area contributed by atoms with Gasteiger partial charge in [-0.3, -0.25) is 4.57 Å². The highest BCUT2D eigenvalue weighted by atomic mass is 15.2. The van der Waals surface area contributed by atoms with Gasteiger partial charge in [-0.2, -0.15) is 5.26 Å². The van der Waals surface area contributed by atoms with Crippen LogP contribution in [0.4, 0.5) is 11.6 Å². The Balaban J connectivity index is 1.82. The van der Waals surface area contributed by atoms with Crippen LogP contribution in [0.25, 0.3) is 17.0 Å². The minimum Gasteiger partial charge on any atom is -0.382 e. The van der Waals surface area contributed by atoms with Crippen LogP contribution >= 0.6 is 0 Å². The first-order valence-electron chi connectivity index (χ1n) is 8.21. The number of anilines is 2. The zero-order valence-electron chi connectivity index (χ0n) is 14.4. The molecule has 9 heteroatoms. The number of fused-ring (bicyclic) bond motifs is 1. The molecule has 0 spiro atoms. The Morgan fingerprint density at radius 3 is 2.74 bits per heavy atom. The van der Waals surface area contributed by atoms with E-state index in [2.05, 4.69) is 25.3 Å². The van der Waals surface area contributed by atoms with Crippen molar-refractivity contribution >= 4 is 22.8 Å². The van der Waals surface area contributed by atoms with Gasteiger partial charge in [0.15, 0.2) is 5.65 Å². The molecule has 0 aliphatic heterocycles. The van der Waals surface area contributed by atoms with Crippen molar-refractivity contribution in [3.05, 3.63) is 60.4 Å². The third-order valence-electron chi connectivity index (χ3n) is 4.05. The van der Waals surface area contributed by atoms with Gasteiger partial charge in [-0.1, -0.05) is 6.07 Å². The van der Waals surface area contributed by atoms with Crippen LogP contribution in [0.5, 0.6) is 0 Å². The second-order valence-electron chi connectivity index (χ2n) is 5.80. The summed E-state index contributed by atoms with van der Waals surface area (Å²) >= 11 is 0. The second kappa shape index (κ2) is 6.68. The van der Waals surface area contributed by atoms with Crippen LogP contribution in [-0.2, 0) is 0 Å². The molecule has 0 fully saturated rings. The van der Waals surface area contributed by atoms with Gasteiger partial charge in [0.2, 0.25) is 0 Å². The van der Waals surface area contributed by atoms with Crippen molar-refractivity contribution in [2.24, 2.45) is 0 Å². The molecule has 9 nitrogen and oxygen atoms in total. The molecule has 4 aromatic rings. The van der Waals surface area contributed by atoms with E-state index in [0.717, 1.165) is 5.52 Å². The molecule has 0 amide bonds. The van der Waals surface area contributed by atoms with Gasteiger partial charge in [-0.25, -0.2) is 24.9 Å². The van der Waals surface area contributed by atoms with Crippen molar-refractivity contribution in [1.82, 2.24) is 29.5 Å². The van der Waals surface area contributed by atoms with Crippen molar-refractivity contribution < 1.29 is 0 Å². The number of imidazole rings is 1. The monoisotopic (exact) mass is 357 g/mol. The Morgan fingerprint density at radius 1 is 1.11 bits per heavy atom. The Hall–Kier alpha value is -4.06. The number of hydrogen-bond donors (Lipinski definition) is 2. The largest absolute Gasteiger partial charge is 0.382 e. The fraction of sp³-hybridized carbons (Fsp3) is 0.111. The predicted octanol–water partition coefficient (Wildman–Crippen LogP) is 2.23. The Morgan fingerprint density at radius 2 is 1.96 bits per heavy atom. The molecule has 4 heterocycles. The summed E-state index contributed by atoms with van der Waals surface area (Å²) in [6.45, 7) is 1.92. The summed E-state index contributed by atoms with van der Waals surface area (Å²) in [7, 11) is 0. The van der Waals surface area contributed by atoms with E-state index >= 15 is 0 Å². The molecule has 0 unspecified atom stereocenters. The number of nitriles is 1. The molecule has 3 N–H and O–H groups in total. The van der Waals surface area contributed by atoms with Gasteiger partial charge in [-0.15, -0.1) is 0 Å². The van der Waals surface area contributed by atoms with E-state index in [1.165, 1.54) is 6.33 Å². The summed E-state index contributed by atoms with van der Waals surface area (Å²) in [6, 6.07) is 11.1. The highest BCUT2D eigenvalue weighted by Crippen LogP contribution is 2.26. The molecule has 27 heavy (non-hydrogen) atoms. The molecule has 0 radical (unpaired) electrons. The van der Waals surface area contributed by atoms with Gasteiger partial charge in [0.25, 0.3) is 0 Å². The molecule has 0 aliphatic carbocycles. The number of rotatable bonds is 4. The van der Waals surface area contributed by atoms with Crippen molar-refractivity contribution in [3.8, 4) is 11.9 Å². The summed E-state index contributed by atoms with van der Waals surface area (Å²) in [6.07, 6.45) is 4.74. The Bertz CT molecular complexity index is 1140. The molecular weight excluding hydrogens is 342 g/mol. The third-order valence-corrected chi connectivity index (χ3v) is 4.05. The minimum atomic E-state index is -0.303. The summed E-state index contributed by atoms with van der Waals surface area (Å²) < 4.78 is 1.88. The lowest BCUT2D eigenvalue weighted by Crippen LogP contribution is -2.16. The topological polar surface area (TPSA) is 131 Å². The van der Waals surface area contributed by atoms with Crippen LogP contribution in [0, 0.1) is 11.3 Å². The van der Waals surface area contributed by atoms with E-state index in [4.69, 9.17) is 10.7 Å². The van der Waals surface area contributed by atoms with Gasteiger partial charge in [0.05, 0.1) is 6.04 Å². The highest BCUT2D eigenvalue weighted by molar-refractivity contribution is 5.73. The summed E-state index contributed by atoms with van der Waals surface area (Å²) in [5.74, 6) is 1.86. The fourth-order valence-electron chi connectivity index (χ4n) is 2.82. The SMILES string of the molecule is C[C@H](Nc1ncnc(N)c1C#N)c1nc2cccnc2n1-c1ccccn1. The molecule has 0 aromatic carbocycles. The maximum atomic E-state index is 9.34. The first kappa shape index (κ1) is 16.4. The molecule has 4 aromatic heterocycles. The number of nitrogen functional groups attached to an aromatic ring is 1. The van der Waals surface area contributed by atoms with Crippen molar-refractivity contribution in [2.75, 3.05) is 11.1 Å². The Kier molecular flexibility index (Phi) is 4.06. The standard InChI is InChI=1S/C18H15N9/c1-11(25-16-12(9-19)15(20)23-10-24-16)17-26-13-5-4-8-22-18(13)27(17)14-6-2-3-7-21-14/h2-8,10-11H,1H3,(H3,20,23,24,25)/t11-/m0/s1. The molecule has 4 rings (SSSR count). The Labute approximate surface area is 154 Å². The van der Waals surface area contributed by atoms with E-state index in [1.54, 1.807) is 12.4 Å². The fourth-order valence-corrected chi connectivity index (χ4v) is 2.82. The van der Waals surface area contributed by atoms with Crippen LogP contribution < -0.4 is 11.1 Å². The molecule has 132 valence electrons. The van der Waals surface area contributed by atoms with Gasteiger partial charge >= 0.3 is 0 Å². The maximum absolute atomic E-state index is 9.34. The molecule has 0 saturated heterocycles. The van der Waals surface area contributed by atoms with Gasteiger partial charge in [0, 0.05) is 12.4 Å². The van der Waals surface area contributed by atoms with Gasteiger partial charge < -0.3 is 11.1 Å². The minimum absolute atomic E-state index is 0.127. The quantitative estimate of drug-likeness (QED) is 0.568. The van der Waals surface area contributed by atoms with Crippen molar-refractivity contribution in [3.63, 3.8) is 0 Å². The normalized spacial score (nSPS) is 11.9. The summed E-state index contributed by atoms with van der Waals surface area (Å²) in [5, 5.41) is 12.5. The first-order valence-corrected chi connectivity index (χ1v) is 8.21. The first-order chi connectivity index (χ1) is 13.2. The van der Waals surface area contributed by atoms with E-state index in [0.29, 0.717) is 23.1 Å².